The Morgan fingerprint density at radius 1 is 1.05 bits per heavy atom. The van der Waals surface area contributed by atoms with Crippen molar-refractivity contribution in [3.05, 3.63) is 58.1 Å². The summed E-state index contributed by atoms with van der Waals surface area (Å²) in [5.41, 5.74) is 3.78. The Labute approximate surface area is 235 Å². The van der Waals surface area contributed by atoms with Gasteiger partial charge in [0.15, 0.2) is 11.5 Å². The van der Waals surface area contributed by atoms with Crippen molar-refractivity contribution in [1.29, 1.82) is 0 Å². The van der Waals surface area contributed by atoms with Crippen LogP contribution in [0.3, 0.4) is 0 Å². The smallest absolute Gasteiger partial charge is 0.229 e. The van der Waals surface area contributed by atoms with Crippen LogP contribution < -0.4 is 9.47 Å². The highest BCUT2D eigenvalue weighted by molar-refractivity contribution is 6.30. The van der Waals surface area contributed by atoms with Crippen molar-refractivity contribution in [3.8, 4) is 11.5 Å². The van der Waals surface area contributed by atoms with Crippen LogP contribution in [0, 0.1) is 11.8 Å². The Balaban J connectivity index is 1.28. The lowest BCUT2D eigenvalue weighted by molar-refractivity contribution is -0.138. The molecule has 7 nitrogen and oxygen atoms in total. The van der Waals surface area contributed by atoms with Crippen molar-refractivity contribution in [2.75, 3.05) is 26.8 Å². The zero-order valence-corrected chi connectivity index (χ0v) is 23.5. The second-order valence-corrected chi connectivity index (χ2v) is 11.4. The Morgan fingerprint density at radius 2 is 1.82 bits per heavy atom. The number of halogens is 1. The van der Waals surface area contributed by atoms with Crippen molar-refractivity contribution in [2.45, 2.75) is 64.5 Å². The highest BCUT2D eigenvalue weighted by Crippen LogP contribution is 2.42. The molecule has 0 N–H and O–H groups in total. The lowest BCUT2D eigenvalue weighted by atomic mass is 9.72. The number of imide groups is 1. The van der Waals surface area contributed by atoms with Gasteiger partial charge in [0, 0.05) is 49.3 Å². The minimum atomic E-state index is -0.140. The van der Waals surface area contributed by atoms with Crippen molar-refractivity contribution in [3.63, 3.8) is 0 Å². The maximum atomic E-state index is 12.2. The summed E-state index contributed by atoms with van der Waals surface area (Å²) in [6.07, 6.45) is 5.19. The number of ether oxygens (including phenoxy) is 2. The van der Waals surface area contributed by atoms with Gasteiger partial charge in [0.2, 0.25) is 11.8 Å². The maximum absolute atomic E-state index is 12.2. The van der Waals surface area contributed by atoms with Gasteiger partial charge >= 0.3 is 0 Å². The van der Waals surface area contributed by atoms with Gasteiger partial charge in [-0.1, -0.05) is 30.7 Å². The van der Waals surface area contributed by atoms with Gasteiger partial charge in [-0.2, -0.15) is 0 Å². The third kappa shape index (κ3) is 6.15. The summed E-state index contributed by atoms with van der Waals surface area (Å²) < 4.78 is 11.6. The van der Waals surface area contributed by atoms with Crippen molar-refractivity contribution in [1.82, 2.24) is 9.80 Å². The van der Waals surface area contributed by atoms with Gasteiger partial charge in [0.25, 0.3) is 0 Å². The molecule has 3 aliphatic rings. The van der Waals surface area contributed by atoms with Gasteiger partial charge in [-0.25, -0.2) is 0 Å². The summed E-state index contributed by atoms with van der Waals surface area (Å²) in [6, 6.07) is 12.5. The Morgan fingerprint density at radius 3 is 2.54 bits per heavy atom. The number of amides is 2. The third-order valence-electron chi connectivity index (χ3n) is 8.47. The lowest BCUT2D eigenvalue weighted by Gasteiger charge is -2.40. The zero-order chi connectivity index (χ0) is 27.5. The van der Waals surface area contributed by atoms with Gasteiger partial charge in [-0.05, 0) is 72.6 Å². The van der Waals surface area contributed by atoms with Crippen LogP contribution in [0.15, 0.2) is 36.4 Å². The van der Waals surface area contributed by atoms with Gasteiger partial charge in [-0.15, -0.1) is 0 Å². The molecule has 2 aromatic rings. The number of Topliss-reactive ketones (excluding diaryl/α,β-unsaturated/α-hetero) is 1. The van der Waals surface area contributed by atoms with Gasteiger partial charge < -0.3 is 9.47 Å². The van der Waals surface area contributed by atoms with Crippen LogP contribution in [0.5, 0.6) is 11.5 Å². The molecule has 2 fully saturated rings. The van der Waals surface area contributed by atoms with Gasteiger partial charge in [0.1, 0.15) is 12.4 Å². The van der Waals surface area contributed by atoms with Crippen LogP contribution in [-0.2, 0) is 27.3 Å². The molecule has 1 saturated carbocycles. The number of aryl methyl sites for hydroxylation is 1. The fraction of sp³-hybridized carbons (Fsp3) is 0.516. The monoisotopic (exact) mass is 552 g/mol. The molecule has 2 aromatic carbocycles. The number of methoxy groups -OCH3 is 1. The van der Waals surface area contributed by atoms with E-state index in [0.29, 0.717) is 35.7 Å². The van der Waals surface area contributed by atoms with E-state index >= 15 is 0 Å². The number of nitrogens with zero attached hydrogens (tertiary/aromatic N) is 2. The van der Waals surface area contributed by atoms with Gasteiger partial charge in [0.05, 0.1) is 13.7 Å². The standard InChI is InChI=1S/C31H37ClN2O5/c1-3-27(35)23-14-21(15-23)19-33(26-8-5-22-17-24(32)6-7-25(22)26)18-20-4-9-28(29(16-20)38-2)39-13-12-34-30(36)10-11-31(34)37/h4,6-7,9,16-17,21,23,26H,3,5,8,10-15,18-19H2,1-2H3/t21?,23?,26-/m0/s1. The fourth-order valence-corrected chi connectivity index (χ4v) is 6.49. The molecule has 2 amide bonds. The predicted molar refractivity (Wildman–Crippen MR) is 149 cm³/mol. The van der Waals surface area contributed by atoms with E-state index in [9.17, 15) is 14.4 Å². The van der Waals surface area contributed by atoms with Crippen LogP contribution in [-0.4, -0.2) is 54.2 Å². The number of carbonyl (C=O) groups is 3. The van der Waals surface area contributed by atoms with E-state index in [0.717, 1.165) is 49.4 Å². The second-order valence-electron chi connectivity index (χ2n) is 11.0. The molecule has 0 unspecified atom stereocenters. The van der Waals surface area contributed by atoms with Crippen molar-refractivity contribution >= 4 is 29.2 Å². The number of likely N-dealkylation sites (tertiary alicyclic amines) is 1. The quantitative estimate of drug-likeness (QED) is 0.329. The number of hydrogen-bond acceptors (Lipinski definition) is 6. The normalized spacial score (nSPS) is 22.3. The van der Waals surface area contributed by atoms with E-state index in [-0.39, 0.29) is 43.7 Å². The number of carbonyl (C=O) groups excluding carboxylic acids is 3. The molecule has 0 bridgehead atoms. The minimum absolute atomic E-state index is 0.140. The van der Waals surface area contributed by atoms with Crippen molar-refractivity contribution in [2.24, 2.45) is 11.8 Å². The molecule has 8 heteroatoms. The summed E-state index contributed by atoms with van der Waals surface area (Å²) in [5.74, 6) is 2.06. The average molecular weight is 553 g/mol. The Hall–Kier alpha value is -2.90. The third-order valence-corrected chi connectivity index (χ3v) is 8.70. The SMILES string of the molecule is CCC(=O)C1CC(CN(Cc2ccc(OCCN3C(=O)CCC3=O)c(OC)c2)[C@H]2CCc3cc(Cl)ccc32)C1. The zero-order valence-electron chi connectivity index (χ0n) is 22.8. The van der Waals surface area contributed by atoms with Crippen molar-refractivity contribution < 1.29 is 23.9 Å². The highest BCUT2D eigenvalue weighted by atomic mass is 35.5. The van der Waals surface area contributed by atoms with Crippen LogP contribution in [0.2, 0.25) is 5.02 Å². The number of fused-ring (bicyclic) bond motifs is 1. The largest absolute Gasteiger partial charge is 0.493 e. The molecule has 1 heterocycles. The first-order valence-corrected chi connectivity index (χ1v) is 14.4. The Kier molecular flexibility index (Phi) is 8.57. The number of hydrogen-bond donors (Lipinski definition) is 0. The summed E-state index contributed by atoms with van der Waals surface area (Å²) >= 11 is 6.28. The molecule has 0 spiro atoms. The predicted octanol–water partition coefficient (Wildman–Crippen LogP) is 5.37. The first-order chi connectivity index (χ1) is 18.9. The van der Waals surface area contributed by atoms with Gasteiger partial charge in [-0.3, -0.25) is 24.2 Å². The van der Waals surface area contributed by atoms with E-state index in [1.54, 1.807) is 7.11 Å². The van der Waals surface area contributed by atoms with Crippen LogP contribution >= 0.6 is 11.6 Å². The molecule has 0 aromatic heterocycles. The molecular weight excluding hydrogens is 516 g/mol. The van der Waals surface area contributed by atoms with Crippen LogP contribution in [0.4, 0.5) is 0 Å². The molecular formula is C31H37ClN2O5. The fourth-order valence-electron chi connectivity index (χ4n) is 6.30. The highest BCUT2D eigenvalue weighted by Gasteiger charge is 2.37. The molecule has 39 heavy (non-hydrogen) atoms. The number of ketones is 1. The van der Waals surface area contributed by atoms with Crippen LogP contribution in [0.25, 0.3) is 0 Å². The molecule has 1 aliphatic heterocycles. The second kappa shape index (κ2) is 12.1. The summed E-state index contributed by atoms with van der Waals surface area (Å²) in [5, 5.41) is 0.777. The molecule has 1 atom stereocenters. The average Bonchev–Trinajstić information content (AvgIpc) is 3.47. The summed E-state index contributed by atoms with van der Waals surface area (Å²) in [7, 11) is 1.62. The first kappa shape index (κ1) is 27.7. The van der Waals surface area contributed by atoms with E-state index in [2.05, 4.69) is 23.1 Å². The number of benzene rings is 2. The van der Waals surface area contributed by atoms with E-state index in [1.807, 2.05) is 25.1 Å². The molecule has 208 valence electrons. The maximum Gasteiger partial charge on any atom is 0.229 e. The first-order valence-electron chi connectivity index (χ1n) is 14.0. The molecule has 5 rings (SSSR count). The molecule has 1 saturated heterocycles. The molecule has 0 radical (unpaired) electrons. The summed E-state index contributed by atoms with van der Waals surface area (Å²) in [4.78, 5) is 39.7. The van der Waals surface area contributed by atoms with E-state index in [4.69, 9.17) is 21.1 Å². The minimum Gasteiger partial charge on any atom is -0.493 e. The Bertz CT molecular complexity index is 1230. The van der Waals surface area contributed by atoms with E-state index < -0.39 is 0 Å². The number of rotatable bonds is 12. The molecule has 2 aliphatic carbocycles. The summed E-state index contributed by atoms with van der Waals surface area (Å²) in [6.45, 7) is 4.11. The van der Waals surface area contributed by atoms with Crippen LogP contribution in [0.1, 0.15) is 68.2 Å². The lowest BCUT2D eigenvalue weighted by Crippen LogP contribution is -2.40. The van der Waals surface area contributed by atoms with E-state index in [1.165, 1.54) is 16.0 Å². The topological polar surface area (TPSA) is 76.2 Å².